The molecule has 0 bridgehead atoms. The molecular weight excluding hydrogens is 132 g/mol. The molecule has 0 fully saturated rings. The molecule has 0 nitrogen and oxygen atoms in total. The highest BCUT2D eigenvalue weighted by atomic mass is 13.9. The summed E-state index contributed by atoms with van der Waals surface area (Å²) >= 11 is 0. The van der Waals surface area contributed by atoms with E-state index < -0.39 is 0 Å². The Balaban J connectivity index is 0.000000720. The van der Waals surface area contributed by atoms with Gasteiger partial charge in [0.2, 0.25) is 0 Å². The number of fused-ring (bicyclic) bond motifs is 1. The molecule has 11 heavy (non-hydrogen) atoms. The van der Waals surface area contributed by atoms with E-state index in [-0.39, 0.29) is 1.43 Å². The molecule has 0 spiro atoms. The number of benzene rings is 2. The van der Waals surface area contributed by atoms with Gasteiger partial charge in [-0.05, 0) is 23.3 Å². The van der Waals surface area contributed by atoms with Crippen molar-refractivity contribution in [2.75, 3.05) is 0 Å². The van der Waals surface area contributed by atoms with Crippen molar-refractivity contribution in [1.82, 2.24) is 0 Å². The van der Waals surface area contributed by atoms with Crippen molar-refractivity contribution < 1.29 is 1.43 Å². The van der Waals surface area contributed by atoms with Gasteiger partial charge in [-0.2, -0.15) is 0 Å². The molecule has 0 saturated carbocycles. The summed E-state index contributed by atoms with van der Waals surface area (Å²) in [5.41, 5.74) is 1.07. The second kappa shape index (κ2) is 2.39. The molecule has 53 valence electrons. The van der Waals surface area contributed by atoms with Gasteiger partial charge in [0.25, 0.3) is 0 Å². The van der Waals surface area contributed by atoms with Gasteiger partial charge in [-0.3, -0.25) is 0 Å². The Morgan fingerprint density at radius 3 is 2.45 bits per heavy atom. The van der Waals surface area contributed by atoms with Crippen molar-refractivity contribution >= 4 is 10.8 Å². The molecule has 0 aliphatic rings. The van der Waals surface area contributed by atoms with Gasteiger partial charge in [-0.25, -0.2) is 0 Å². The lowest BCUT2D eigenvalue weighted by Crippen LogP contribution is -1.73. The van der Waals surface area contributed by atoms with Crippen molar-refractivity contribution in [3.63, 3.8) is 0 Å². The molecule has 0 atom stereocenters. The summed E-state index contributed by atoms with van der Waals surface area (Å²) in [6.07, 6.45) is 0. The molecule has 0 aromatic heterocycles. The van der Waals surface area contributed by atoms with Gasteiger partial charge in [-0.15, -0.1) is 0 Å². The van der Waals surface area contributed by atoms with Crippen LogP contribution in [0.25, 0.3) is 10.8 Å². The zero-order valence-corrected chi connectivity index (χ0v) is 6.25. The van der Waals surface area contributed by atoms with E-state index in [0.717, 1.165) is 5.56 Å². The van der Waals surface area contributed by atoms with Crippen LogP contribution in [0.2, 0.25) is 0 Å². The zero-order valence-electron chi connectivity index (χ0n) is 7.25. The van der Waals surface area contributed by atoms with Gasteiger partial charge in [0.05, 0.1) is 0 Å². The first-order valence-electron chi connectivity index (χ1n) is 3.67. The summed E-state index contributed by atoms with van der Waals surface area (Å²) < 4.78 is 0. The minimum absolute atomic E-state index is 0. The van der Waals surface area contributed by atoms with Crippen molar-refractivity contribution in [3.8, 4) is 0 Å². The minimum Gasteiger partial charge on any atom is -0.0616 e. The Kier molecular flexibility index (Phi) is 1.39. The van der Waals surface area contributed by atoms with Crippen LogP contribution in [0.15, 0.2) is 42.5 Å². The first-order chi connectivity index (χ1) is 5.36. The third-order valence-electron chi connectivity index (χ3n) is 1.81. The summed E-state index contributed by atoms with van der Waals surface area (Å²) in [5.74, 6) is 0. The quantitative estimate of drug-likeness (QED) is 0.530. The largest absolute Gasteiger partial charge is 1.00 e. The SMILES string of the molecule is [CH2]c1ccc2ccccc2c1.[H+]. The maximum absolute atomic E-state index is 3.87. The van der Waals surface area contributed by atoms with Gasteiger partial charge in [-0.1, -0.05) is 42.5 Å². The minimum atomic E-state index is 0. The third kappa shape index (κ3) is 1.12. The Labute approximate surface area is 68.0 Å². The normalized spacial score (nSPS) is 10.3. The summed E-state index contributed by atoms with van der Waals surface area (Å²) in [4.78, 5) is 0. The van der Waals surface area contributed by atoms with Crippen molar-refractivity contribution in [3.05, 3.63) is 55.0 Å². The fourth-order valence-corrected chi connectivity index (χ4v) is 1.24. The van der Waals surface area contributed by atoms with E-state index in [1.807, 2.05) is 18.2 Å². The highest BCUT2D eigenvalue weighted by molar-refractivity contribution is 5.83. The van der Waals surface area contributed by atoms with E-state index in [0.29, 0.717) is 0 Å². The molecule has 1 radical (unpaired) electrons. The average molecular weight is 142 g/mol. The fraction of sp³-hybridized carbons (Fsp3) is 0. The maximum Gasteiger partial charge on any atom is 1.00 e. The highest BCUT2D eigenvalue weighted by Crippen LogP contribution is 2.14. The molecule has 0 heterocycles. The number of hydrogen-bond acceptors (Lipinski definition) is 0. The molecule has 0 saturated heterocycles. The second-order valence-corrected chi connectivity index (χ2v) is 2.68. The molecule has 0 unspecified atom stereocenters. The van der Waals surface area contributed by atoms with Crippen LogP contribution in [0.4, 0.5) is 0 Å². The van der Waals surface area contributed by atoms with Gasteiger partial charge in [0.15, 0.2) is 0 Å². The van der Waals surface area contributed by atoms with Gasteiger partial charge >= 0.3 is 1.43 Å². The summed E-state index contributed by atoms with van der Waals surface area (Å²) in [7, 11) is 0. The molecule has 0 aliphatic carbocycles. The predicted molar refractivity (Wildman–Crippen MR) is 49.5 cm³/mol. The molecule has 0 aliphatic heterocycles. The van der Waals surface area contributed by atoms with Crippen LogP contribution in [-0.2, 0) is 0 Å². The van der Waals surface area contributed by atoms with Crippen LogP contribution in [0.5, 0.6) is 0 Å². The van der Waals surface area contributed by atoms with Crippen LogP contribution in [-0.4, -0.2) is 0 Å². The topological polar surface area (TPSA) is 0 Å². The first-order valence-corrected chi connectivity index (χ1v) is 3.67. The number of rotatable bonds is 0. The maximum atomic E-state index is 3.87. The molecule has 2 aromatic carbocycles. The van der Waals surface area contributed by atoms with Crippen LogP contribution < -0.4 is 0 Å². The lowest BCUT2D eigenvalue weighted by Gasteiger charge is -1.96. The van der Waals surface area contributed by atoms with Gasteiger partial charge < -0.3 is 0 Å². The molecular formula is C11H10+. The summed E-state index contributed by atoms with van der Waals surface area (Å²) in [5, 5.41) is 2.54. The van der Waals surface area contributed by atoms with Crippen molar-refractivity contribution in [2.24, 2.45) is 0 Å². The smallest absolute Gasteiger partial charge is 0.0616 e. The Hall–Kier alpha value is -1.30. The monoisotopic (exact) mass is 142 g/mol. The Morgan fingerprint density at radius 2 is 1.64 bits per heavy atom. The Morgan fingerprint density at radius 1 is 0.909 bits per heavy atom. The van der Waals surface area contributed by atoms with E-state index in [2.05, 4.69) is 31.2 Å². The van der Waals surface area contributed by atoms with Gasteiger partial charge in [0.1, 0.15) is 0 Å². The van der Waals surface area contributed by atoms with E-state index >= 15 is 0 Å². The summed E-state index contributed by atoms with van der Waals surface area (Å²) in [6.45, 7) is 3.87. The van der Waals surface area contributed by atoms with Crippen molar-refractivity contribution in [2.45, 2.75) is 0 Å². The molecule has 0 N–H and O–H groups in total. The molecule has 2 rings (SSSR count). The van der Waals surface area contributed by atoms with Crippen LogP contribution in [0, 0.1) is 6.92 Å². The highest BCUT2D eigenvalue weighted by Gasteiger charge is 1.89. The van der Waals surface area contributed by atoms with E-state index in [1.54, 1.807) is 0 Å². The zero-order chi connectivity index (χ0) is 7.68. The van der Waals surface area contributed by atoms with Crippen LogP contribution in [0.1, 0.15) is 6.99 Å². The first kappa shape index (κ1) is 6.41. The average Bonchev–Trinajstić information content (AvgIpc) is 2.04. The van der Waals surface area contributed by atoms with Gasteiger partial charge in [0, 0.05) is 0 Å². The van der Waals surface area contributed by atoms with E-state index in [1.165, 1.54) is 10.8 Å². The van der Waals surface area contributed by atoms with Crippen molar-refractivity contribution in [1.29, 1.82) is 0 Å². The van der Waals surface area contributed by atoms with E-state index in [9.17, 15) is 0 Å². The fourth-order valence-electron chi connectivity index (χ4n) is 1.24. The lowest BCUT2D eigenvalue weighted by molar-refractivity contribution is 1.66. The Bertz CT molecular complexity index is 379. The predicted octanol–water partition coefficient (Wildman–Crippen LogP) is 3.13. The second-order valence-electron chi connectivity index (χ2n) is 2.68. The van der Waals surface area contributed by atoms with E-state index in [4.69, 9.17) is 0 Å². The molecule has 2 aromatic rings. The molecule has 0 heteroatoms. The third-order valence-corrected chi connectivity index (χ3v) is 1.81. The summed E-state index contributed by atoms with van der Waals surface area (Å²) in [6, 6.07) is 14.5. The number of hydrogen-bond donors (Lipinski definition) is 0. The molecule has 0 amide bonds. The van der Waals surface area contributed by atoms with Crippen LogP contribution in [0.3, 0.4) is 0 Å². The van der Waals surface area contributed by atoms with Crippen LogP contribution >= 0.6 is 0 Å². The standard InChI is InChI=1S/C11H9/c1-9-6-7-10-4-2-3-5-11(10)8-9/h2-8H,1H2/p+1. The lowest BCUT2D eigenvalue weighted by atomic mass is 10.1.